The molecule has 2 saturated heterocycles. The first-order chi connectivity index (χ1) is 10.1. The van der Waals surface area contributed by atoms with Crippen LogP contribution in [0.3, 0.4) is 0 Å². The van der Waals surface area contributed by atoms with E-state index in [9.17, 15) is 9.59 Å². The molecule has 0 unspecified atom stereocenters. The van der Waals surface area contributed by atoms with Gasteiger partial charge in [-0.15, -0.1) is 12.4 Å². The highest BCUT2D eigenvalue weighted by Crippen LogP contribution is 2.37. The number of amides is 3. The monoisotopic (exact) mass is 323 g/mol. The summed E-state index contributed by atoms with van der Waals surface area (Å²) < 4.78 is 0. The third-order valence-corrected chi connectivity index (χ3v) is 4.58. The third-order valence-electron chi connectivity index (χ3n) is 4.58. The van der Waals surface area contributed by atoms with Crippen LogP contribution in [0.25, 0.3) is 0 Å². The Morgan fingerprint density at radius 1 is 1.14 bits per heavy atom. The van der Waals surface area contributed by atoms with Crippen LogP contribution in [0.5, 0.6) is 0 Å². The highest BCUT2D eigenvalue weighted by molar-refractivity contribution is 6.23. The van der Waals surface area contributed by atoms with Crippen molar-refractivity contribution in [2.75, 3.05) is 24.5 Å². The highest BCUT2D eigenvalue weighted by Gasteiger charge is 2.57. The van der Waals surface area contributed by atoms with Gasteiger partial charge in [-0.3, -0.25) is 4.79 Å². The van der Waals surface area contributed by atoms with E-state index in [0.717, 1.165) is 18.7 Å². The number of nitrogens with one attached hydrogen (secondary N) is 1. The molecule has 6 heteroatoms. The van der Waals surface area contributed by atoms with Crippen LogP contribution < -0.4 is 10.2 Å². The SMILES string of the molecule is CCN1C(=O)N(c2ccc(C)cc2)C(=O)C12CCNCC2.Cl. The van der Waals surface area contributed by atoms with Crippen molar-refractivity contribution in [2.45, 2.75) is 32.2 Å². The van der Waals surface area contributed by atoms with Crippen LogP contribution in [-0.2, 0) is 4.79 Å². The standard InChI is InChI=1S/C16H21N3O2.ClH/c1-3-18-15(21)19(13-6-4-12(2)5-7-13)14(20)16(18)8-10-17-11-9-16;/h4-7,17H,3,8-11H2,1-2H3;1H. The number of nitrogens with zero attached hydrogens (tertiary/aromatic N) is 2. The molecule has 2 heterocycles. The largest absolute Gasteiger partial charge is 0.332 e. The van der Waals surface area contributed by atoms with E-state index >= 15 is 0 Å². The smallest absolute Gasteiger partial charge is 0.317 e. The summed E-state index contributed by atoms with van der Waals surface area (Å²) in [5.74, 6) is -0.0697. The number of halogens is 1. The fourth-order valence-corrected chi connectivity index (χ4v) is 3.40. The first kappa shape index (κ1) is 16.8. The molecule has 0 aromatic heterocycles. The number of urea groups is 1. The van der Waals surface area contributed by atoms with Gasteiger partial charge in [-0.2, -0.15) is 0 Å². The molecule has 5 nitrogen and oxygen atoms in total. The van der Waals surface area contributed by atoms with E-state index in [2.05, 4.69) is 5.32 Å². The van der Waals surface area contributed by atoms with E-state index < -0.39 is 5.54 Å². The summed E-state index contributed by atoms with van der Waals surface area (Å²) in [6.07, 6.45) is 1.38. The minimum atomic E-state index is -0.651. The molecule has 0 saturated carbocycles. The van der Waals surface area contributed by atoms with E-state index in [1.807, 2.05) is 38.1 Å². The second kappa shape index (κ2) is 6.26. The fourth-order valence-electron chi connectivity index (χ4n) is 3.40. The lowest BCUT2D eigenvalue weighted by Crippen LogP contribution is -2.55. The summed E-state index contributed by atoms with van der Waals surface area (Å²) in [5.41, 5.74) is 1.13. The fraction of sp³-hybridized carbons (Fsp3) is 0.500. The van der Waals surface area contributed by atoms with Crippen LogP contribution in [0.2, 0.25) is 0 Å². The van der Waals surface area contributed by atoms with Crippen molar-refractivity contribution in [1.82, 2.24) is 10.2 Å². The van der Waals surface area contributed by atoms with E-state index in [-0.39, 0.29) is 24.3 Å². The van der Waals surface area contributed by atoms with Gasteiger partial charge in [0.2, 0.25) is 0 Å². The van der Waals surface area contributed by atoms with Crippen molar-refractivity contribution in [3.63, 3.8) is 0 Å². The van der Waals surface area contributed by atoms with Gasteiger partial charge in [0.1, 0.15) is 5.54 Å². The van der Waals surface area contributed by atoms with Gasteiger partial charge in [0.15, 0.2) is 0 Å². The molecule has 3 amide bonds. The van der Waals surface area contributed by atoms with Crippen LogP contribution >= 0.6 is 12.4 Å². The molecule has 0 atom stereocenters. The number of anilines is 1. The predicted octanol–water partition coefficient (Wildman–Crippen LogP) is 2.33. The molecule has 1 aromatic carbocycles. The second-order valence-electron chi connectivity index (χ2n) is 5.78. The molecule has 1 N–H and O–H groups in total. The Labute approximate surface area is 137 Å². The zero-order valence-corrected chi connectivity index (χ0v) is 13.8. The number of aryl methyl sites for hydroxylation is 1. The van der Waals surface area contributed by atoms with E-state index in [0.29, 0.717) is 25.1 Å². The summed E-state index contributed by atoms with van der Waals surface area (Å²) in [6.45, 7) is 6.04. The second-order valence-corrected chi connectivity index (χ2v) is 5.78. The van der Waals surface area contributed by atoms with Gasteiger partial charge < -0.3 is 10.2 Å². The lowest BCUT2D eigenvalue weighted by atomic mass is 9.86. The molecule has 2 aliphatic rings. The van der Waals surface area contributed by atoms with E-state index in [1.54, 1.807) is 4.90 Å². The Morgan fingerprint density at radius 3 is 2.27 bits per heavy atom. The topological polar surface area (TPSA) is 52.7 Å². The lowest BCUT2D eigenvalue weighted by molar-refractivity contribution is -0.126. The number of piperidine rings is 1. The molecule has 22 heavy (non-hydrogen) atoms. The number of hydrogen-bond acceptors (Lipinski definition) is 3. The van der Waals surface area contributed by atoms with Gasteiger partial charge >= 0.3 is 6.03 Å². The summed E-state index contributed by atoms with van der Waals surface area (Å²) >= 11 is 0. The van der Waals surface area contributed by atoms with Gasteiger partial charge in [-0.05, 0) is 51.9 Å². The van der Waals surface area contributed by atoms with Crippen molar-refractivity contribution in [2.24, 2.45) is 0 Å². The van der Waals surface area contributed by atoms with Crippen LogP contribution in [0.4, 0.5) is 10.5 Å². The quantitative estimate of drug-likeness (QED) is 0.850. The molecule has 0 aliphatic carbocycles. The van der Waals surface area contributed by atoms with Crippen molar-refractivity contribution in [1.29, 1.82) is 0 Å². The summed E-state index contributed by atoms with van der Waals surface area (Å²) in [4.78, 5) is 28.8. The maximum atomic E-state index is 13.0. The van der Waals surface area contributed by atoms with E-state index in [1.165, 1.54) is 4.90 Å². The summed E-state index contributed by atoms with van der Waals surface area (Å²) in [7, 11) is 0. The molecule has 2 aliphatic heterocycles. The first-order valence-corrected chi connectivity index (χ1v) is 7.54. The zero-order valence-electron chi connectivity index (χ0n) is 13.0. The van der Waals surface area contributed by atoms with Crippen LogP contribution in [-0.4, -0.2) is 42.0 Å². The van der Waals surface area contributed by atoms with Gasteiger partial charge in [-0.25, -0.2) is 9.69 Å². The van der Waals surface area contributed by atoms with Crippen LogP contribution in [0, 0.1) is 6.92 Å². The van der Waals surface area contributed by atoms with Crippen molar-refractivity contribution in [3.05, 3.63) is 29.8 Å². The molecule has 1 aromatic rings. The summed E-state index contributed by atoms with van der Waals surface area (Å²) in [5, 5.41) is 3.27. The molecule has 0 radical (unpaired) electrons. The number of hydrogen-bond donors (Lipinski definition) is 1. The third kappa shape index (κ3) is 2.38. The Kier molecular flexibility index (Phi) is 4.78. The Hall–Kier alpha value is -1.59. The maximum Gasteiger partial charge on any atom is 0.332 e. The van der Waals surface area contributed by atoms with Crippen LogP contribution in [0.15, 0.2) is 24.3 Å². The number of benzene rings is 1. The molecule has 120 valence electrons. The van der Waals surface area contributed by atoms with E-state index in [4.69, 9.17) is 0 Å². The average Bonchev–Trinajstić information content (AvgIpc) is 2.69. The summed E-state index contributed by atoms with van der Waals surface area (Å²) in [6, 6.07) is 7.37. The maximum absolute atomic E-state index is 13.0. The normalized spacial score (nSPS) is 20.5. The Bertz CT molecular complexity index is 567. The van der Waals surface area contributed by atoms with Gasteiger partial charge in [0.05, 0.1) is 5.69 Å². The Morgan fingerprint density at radius 2 is 1.73 bits per heavy atom. The van der Waals surface area contributed by atoms with Crippen molar-refractivity contribution in [3.8, 4) is 0 Å². The van der Waals surface area contributed by atoms with Gasteiger partial charge in [0, 0.05) is 6.54 Å². The van der Waals surface area contributed by atoms with Crippen LogP contribution in [0.1, 0.15) is 25.3 Å². The average molecular weight is 324 g/mol. The Balaban J connectivity index is 0.00000176. The number of imide groups is 1. The number of likely N-dealkylation sites (N-methyl/N-ethyl adjacent to an activating group) is 1. The van der Waals surface area contributed by atoms with Crippen molar-refractivity contribution >= 4 is 30.0 Å². The zero-order chi connectivity index (χ0) is 15.0. The lowest BCUT2D eigenvalue weighted by Gasteiger charge is -2.37. The number of carbonyl (C=O) groups is 2. The van der Waals surface area contributed by atoms with Crippen molar-refractivity contribution < 1.29 is 9.59 Å². The minimum Gasteiger partial charge on any atom is -0.317 e. The molecule has 3 rings (SSSR count). The molecular formula is C16H22ClN3O2. The van der Waals surface area contributed by atoms with Gasteiger partial charge in [0.25, 0.3) is 5.91 Å². The first-order valence-electron chi connectivity index (χ1n) is 7.54. The van der Waals surface area contributed by atoms with Gasteiger partial charge in [-0.1, -0.05) is 17.7 Å². The molecule has 0 bridgehead atoms. The minimum absolute atomic E-state index is 0. The number of carbonyl (C=O) groups excluding carboxylic acids is 2. The number of rotatable bonds is 2. The highest BCUT2D eigenvalue weighted by atomic mass is 35.5. The molecular weight excluding hydrogens is 302 g/mol. The molecule has 1 spiro atoms. The predicted molar refractivity (Wildman–Crippen MR) is 88.5 cm³/mol. The molecule has 2 fully saturated rings.